The number of sulfonamides is 1. The van der Waals surface area contributed by atoms with Crippen molar-refractivity contribution in [2.45, 2.75) is 11.8 Å². The molecule has 9 nitrogen and oxygen atoms in total. The van der Waals surface area contributed by atoms with E-state index in [-0.39, 0.29) is 29.7 Å². The number of ether oxygens (including phenoxy) is 2. The second-order valence-electron chi connectivity index (χ2n) is 6.75. The lowest BCUT2D eigenvalue weighted by Crippen LogP contribution is -2.28. The van der Waals surface area contributed by atoms with Gasteiger partial charge in [0, 0.05) is 22.6 Å². The summed E-state index contributed by atoms with van der Waals surface area (Å²) in [5.74, 6) is 0.450. The van der Waals surface area contributed by atoms with Crippen LogP contribution in [0.15, 0.2) is 64.0 Å². The summed E-state index contributed by atoms with van der Waals surface area (Å²) in [6.45, 7) is 2.13. The highest BCUT2D eigenvalue weighted by atomic mass is 79.9. The van der Waals surface area contributed by atoms with Crippen LogP contribution in [-0.2, 0) is 10.0 Å². The van der Waals surface area contributed by atoms with Gasteiger partial charge < -0.3 is 9.47 Å². The molecule has 4 aromatic rings. The molecule has 0 unspecified atom stereocenters. The summed E-state index contributed by atoms with van der Waals surface area (Å²) < 4.78 is 54.6. The fraction of sp³-hybridized carbons (Fsp3) is 0.190. The van der Waals surface area contributed by atoms with Crippen LogP contribution in [0.5, 0.6) is 11.6 Å². The summed E-state index contributed by atoms with van der Waals surface area (Å²) in [6, 6.07) is 13.9. The third-order valence-electron chi connectivity index (χ3n) is 4.46. The van der Waals surface area contributed by atoms with Gasteiger partial charge in [0.25, 0.3) is 0 Å². The Morgan fingerprint density at radius 2 is 1.94 bits per heavy atom. The zero-order valence-corrected chi connectivity index (χ0v) is 19.8. The summed E-state index contributed by atoms with van der Waals surface area (Å²) in [5.41, 5.74) is 0.972. The van der Waals surface area contributed by atoms with E-state index in [1.165, 1.54) is 22.7 Å². The van der Waals surface area contributed by atoms with Crippen LogP contribution in [0.1, 0.15) is 6.92 Å². The Balaban J connectivity index is 1.44. The molecule has 4 rings (SSSR count). The second kappa shape index (κ2) is 9.81. The molecule has 2 aromatic heterocycles. The van der Waals surface area contributed by atoms with Gasteiger partial charge in [0.1, 0.15) is 23.1 Å². The van der Waals surface area contributed by atoms with Gasteiger partial charge in [-0.1, -0.05) is 28.1 Å². The van der Waals surface area contributed by atoms with Crippen LogP contribution in [0.2, 0.25) is 0 Å². The van der Waals surface area contributed by atoms with Gasteiger partial charge in [-0.05, 0) is 43.3 Å². The van der Waals surface area contributed by atoms with Crippen molar-refractivity contribution in [1.29, 1.82) is 0 Å². The average molecular weight is 536 g/mol. The van der Waals surface area contributed by atoms with Crippen molar-refractivity contribution in [2.75, 3.05) is 19.8 Å². The van der Waals surface area contributed by atoms with E-state index in [0.717, 1.165) is 0 Å². The maximum atomic E-state index is 13.6. The molecular weight excluding hydrogens is 517 g/mol. The Bertz CT molecular complexity index is 1400. The molecule has 2 aromatic carbocycles. The van der Waals surface area contributed by atoms with Crippen LogP contribution in [0.4, 0.5) is 4.39 Å². The minimum atomic E-state index is -3.83. The second-order valence-corrected chi connectivity index (χ2v) is 9.40. The SMILES string of the molecule is CCOc1ccc(Br)cc1S(=O)(=O)NCCOc1ccc2nnc(-c3cccc(F)c3)n2n1. The molecule has 0 amide bonds. The van der Waals surface area contributed by atoms with E-state index in [2.05, 4.69) is 35.9 Å². The lowest BCUT2D eigenvalue weighted by molar-refractivity contribution is 0.305. The molecule has 12 heteroatoms. The number of nitrogens with zero attached hydrogens (tertiary/aromatic N) is 4. The number of halogens is 2. The van der Waals surface area contributed by atoms with Gasteiger partial charge in [0.2, 0.25) is 15.9 Å². The highest BCUT2D eigenvalue weighted by Gasteiger charge is 2.20. The summed E-state index contributed by atoms with van der Waals surface area (Å²) >= 11 is 3.28. The number of fused-ring (bicyclic) bond motifs is 1. The zero-order valence-electron chi connectivity index (χ0n) is 17.4. The Morgan fingerprint density at radius 1 is 1.09 bits per heavy atom. The van der Waals surface area contributed by atoms with Gasteiger partial charge in [-0.25, -0.2) is 17.5 Å². The summed E-state index contributed by atoms with van der Waals surface area (Å²) in [6.07, 6.45) is 0. The van der Waals surface area contributed by atoms with E-state index < -0.39 is 15.8 Å². The molecule has 0 spiro atoms. The highest BCUT2D eigenvalue weighted by molar-refractivity contribution is 9.10. The largest absolute Gasteiger partial charge is 0.492 e. The fourth-order valence-corrected chi connectivity index (χ4v) is 4.73. The minimum Gasteiger partial charge on any atom is -0.492 e. The van der Waals surface area contributed by atoms with E-state index >= 15 is 0 Å². The molecule has 0 aliphatic carbocycles. The molecule has 1 N–H and O–H groups in total. The molecule has 0 bridgehead atoms. The molecule has 0 aliphatic heterocycles. The Morgan fingerprint density at radius 3 is 2.73 bits per heavy atom. The van der Waals surface area contributed by atoms with Crippen LogP contribution in [-0.4, -0.2) is 48.0 Å². The van der Waals surface area contributed by atoms with Gasteiger partial charge >= 0.3 is 0 Å². The van der Waals surface area contributed by atoms with Crippen molar-refractivity contribution in [3.05, 3.63) is 64.9 Å². The number of rotatable bonds is 9. The van der Waals surface area contributed by atoms with Crippen LogP contribution in [0.3, 0.4) is 0 Å². The molecule has 33 heavy (non-hydrogen) atoms. The van der Waals surface area contributed by atoms with Crippen molar-refractivity contribution in [1.82, 2.24) is 24.5 Å². The molecule has 0 atom stereocenters. The predicted molar refractivity (Wildman–Crippen MR) is 122 cm³/mol. The van der Waals surface area contributed by atoms with Crippen molar-refractivity contribution < 1.29 is 22.3 Å². The topological polar surface area (TPSA) is 108 Å². The van der Waals surface area contributed by atoms with Gasteiger partial charge in [0.05, 0.1) is 6.61 Å². The zero-order chi connectivity index (χ0) is 23.4. The average Bonchev–Trinajstić information content (AvgIpc) is 3.21. The van der Waals surface area contributed by atoms with Gasteiger partial charge in [-0.15, -0.1) is 15.3 Å². The molecule has 2 heterocycles. The van der Waals surface area contributed by atoms with Crippen LogP contribution in [0.25, 0.3) is 17.0 Å². The molecule has 0 radical (unpaired) electrons. The highest BCUT2D eigenvalue weighted by Crippen LogP contribution is 2.27. The van der Waals surface area contributed by atoms with E-state index in [1.54, 1.807) is 43.3 Å². The molecule has 172 valence electrons. The molecule has 0 saturated heterocycles. The van der Waals surface area contributed by atoms with E-state index in [9.17, 15) is 12.8 Å². The van der Waals surface area contributed by atoms with Crippen LogP contribution in [0, 0.1) is 5.82 Å². The lowest BCUT2D eigenvalue weighted by Gasteiger charge is -2.12. The number of nitrogens with one attached hydrogen (secondary N) is 1. The van der Waals surface area contributed by atoms with E-state index in [0.29, 0.717) is 28.1 Å². The Hall–Kier alpha value is -3.09. The van der Waals surface area contributed by atoms with Gasteiger partial charge in [0.15, 0.2) is 11.5 Å². The van der Waals surface area contributed by atoms with Crippen molar-refractivity contribution in [3.8, 4) is 23.0 Å². The van der Waals surface area contributed by atoms with Crippen LogP contribution < -0.4 is 14.2 Å². The number of aromatic nitrogens is 4. The van der Waals surface area contributed by atoms with Crippen molar-refractivity contribution >= 4 is 31.6 Å². The molecule has 0 aliphatic rings. The van der Waals surface area contributed by atoms with Crippen LogP contribution >= 0.6 is 15.9 Å². The monoisotopic (exact) mass is 535 g/mol. The summed E-state index contributed by atoms with van der Waals surface area (Å²) in [5, 5.41) is 12.4. The Kier molecular flexibility index (Phi) is 6.86. The van der Waals surface area contributed by atoms with Crippen molar-refractivity contribution in [2.24, 2.45) is 0 Å². The fourth-order valence-electron chi connectivity index (χ4n) is 3.03. The van der Waals surface area contributed by atoms with E-state index in [4.69, 9.17) is 9.47 Å². The summed E-state index contributed by atoms with van der Waals surface area (Å²) in [4.78, 5) is 0.0301. The number of hydrogen-bond acceptors (Lipinski definition) is 7. The third kappa shape index (κ3) is 5.29. The van der Waals surface area contributed by atoms with E-state index in [1.807, 2.05) is 0 Å². The lowest BCUT2D eigenvalue weighted by atomic mass is 10.2. The first-order valence-electron chi connectivity index (χ1n) is 9.90. The number of benzene rings is 2. The minimum absolute atomic E-state index is 0.000932. The quantitative estimate of drug-likeness (QED) is 0.327. The maximum Gasteiger partial charge on any atom is 0.244 e. The first kappa shape index (κ1) is 23.1. The standard InChI is InChI=1S/C21H19BrFN5O4S/c1-2-31-17-7-6-15(22)13-18(17)33(29,30)24-10-11-32-20-9-8-19-25-26-21(28(19)27-20)14-4-3-5-16(23)12-14/h3-9,12-13,24H,2,10-11H2,1H3. The molecule has 0 fully saturated rings. The Labute approximate surface area is 197 Å². The van der Waals surface area contributed by atoms with Gasteiger partial charge in [-0.3, -0.25) is 0 Å². The number of hydrogen-bond donors (Lipinski definition) is 1. The molecular formula is C21H19BrFN5O4S. The maximum absolute atomic E-state index is 13.6. The van der Waals surface area contributed by atoms with Gasteiger partial charge in [-0.2, -0.15) is 4.52 Å². The smallest absolute Gasteiger partial charge is 0.244 e. The first-order valence-corrected chi connectivity index (χ1v) is 12.2. The summed E-state index contributed by atoms with van der Waals surface area (Å²) in [7, 11) is -3.83. The third-order valence-corrected chi connectivity index (χ3v) is 6.44. The normalized spacial score (nSPS) is 11.6. The molecule has 0 saturated carbocycles. The van der Waals surface area contributed by atoms with Crippen molar-refractivity contribution in [3.63, 3.8) is 0 Å². The first-order chi connectivity index (χ1) is 15.9. The predicted octanol–water partition coefficient (Wildman–Crippen LogP) is 3.45.